The molecule has 0 amide bonds. The molecule has 14 heavy (non-hydrogen) atoms. The molecule has 0 atom stereocenters. The third kappa shape index (κ3) is 1.86. The molecule has 0 fully saturated rings. The molecule has 72 valence electrons. The molecule has 0 saturated carbocycles. The van der Waals surface area contributed by atoms with Gasteiger partial charge in [-0.25, -0.2) is 0 Å². The lowest BCUT2D eigenvalue weighted by atomic mass is 10.1. The number of nitriles is 1. The Hall–Kier alpha value is -1.53. The third-order valence-corrected chi connectivity index (χ3v) is 2.39. The van der Waals surface area contributed by atoms with Crippen molar-refractivity contribution >= 4 is 5.69 Å². The van der Waals surface area contributed by atoms with E-state index in [1.165, 1.54) is 11.3 Å². The molecule has 2 rings (SSSR count). The maximum Gasteiger partial charge on any atom is 0.0669 e. The lowest BCUT2D eigenvalue weighted by molar-refractivity contribution is 0.725. The van der Waals surface area contributed by atoms with Crippen LogP contribution in [0.1, 0.15) is 11.1 Å². The molecule has 1 heterocycles. The molecule has 0 saturated heterocycles. The average molecular weight is 187 g/mol. The molecular weight excluding hydrogens is 174 g/mol. The van der Waals surface area contributed by atoms with Gasteiger partial charge in [0.15, 0.2) is 0 Å². The normalized spacial score (nSPS) is 14.8. The fourth-order valence-corrected chi connectivity index (χ4v) is 1.68. The molecule has 3 heteroatoms. The van der Waals surface area contributed by atoms with Crippen molar-refractivity contribution in [3.05, 3.63) is 29.3 Å². The second-order valence-electron chi connectivity index (χ2n) is 3.43. The summed E-state index contributed by atoms with van der Waals surface area (Å²) < 4.78 is 0. The highest BCUT2D eigenvalue weighted by molar-refractivity contribution is 5.53. The van der Waals surface area contributed by atoms with Gasteiger partial charge in [-0.05, 0) is 17.2 Å². The van der Waals surface area contributed by atoms with Gasteiger partial charge in [-0.1, -0.05) is 12.1 Å². The van der Waals surface area contributed by atoms with Crippen LogP contribution in [0.4, 0.5) is 5.69 Å². The number of fused-ring (bicyclic) bond motifs is 1. The van der Waals surface area contributed by atoms with E-state index in [9.17, 15) is 0 Å². The summed E-state index contributed by atoms with van der Waals surface area (Å²) in [5, 5.41) is 15.3. The standard InChI is InChI=1S/C11H13N3/c12-4-3-9-1-2-11-10(7-9)8-13-5-6-14-11/h1-2,7,13-14H,3,5-6,8H2. The molecule has 2 N–H and O–H groups in total. The zero-order valence-corrected chi connectivity index (χ0v) is 8.01. The van der Waals surface area contributed by atoms with Gasteiger partial charge in [0.2, 0.25) is 0 Å². The highest BCUT2D eigenvalue weighted by Gasteiger charge is 2.06. The van der Waals surface area contributed by atoms with Crippen LogP contribution in [0.2, 0.25) is 0 Å². The molecule has 1 aliphatic heterocycles. The molecular formula is C11H13N3. The first-order valence-corrected chi connectivity index (χ1v) is 4.83. The first kappa shape index (κ1) is 9.04. The van der Waals surface area contributed by atoms with Gasteiger partial charge in [-0.15, -0.1) is 0 Å². The topological polar surface area (TPSA) is 47.9 Å². The highest BCUT2D eigenvalue weighted by atomic mass is 15.0. The second kappa shape index (κ2) is 4.12. The predicted octanol–water partition coefficient (Wildman–Crippen LogP) is 1.27. The Kier molecular flexibility index (Phi) is 2.66. The molecule has 0 spiro atoms. The number of hydrogen-bond donors (Lipinski definition) is 2. The fourth-order valence-electron chi connectivity index (χ4n) is 1.68. The Morgan fingerprint density at radius 3 is 3.14 bits per heavy atom. The molecule has 0 unspecified atom stereocenters. The fraction of sp³-hybridized carbons (Fsp3) is 0.364. The van der Waals surface area contributed by atoms with Crippen LogP contribution >= 0.6 is 0 Å². The first-order chi connectivity index (χ1) is 6.90. The van der Waals surface area contributed by atoms with E-state index in [-0.39, 0.29) is 0 Å². The van der Waals surface area contributed by atoms with Crippen LogP contribution in [-0.4, -0.2) is 13.1 Å². The zero-order valence-electron chi connectivity index (χ0n) is 8.01. The zero-order chi connectivity index (χ0) is 9.80. The molecule has 3 nitrogen and oxygen atoms in total. The van der Waals surface area contributed by atoms with E-state index in [1.54, 1.807) is 0 Å². The Morgan fingerprint density at radius 1 is 1.36 bits per heavy atom. The summed E-state index contributed by atoms with van der Waals surface area (Å²) >= 11 is 0. The maximum absolute atomic E-state index is 8.60. The largest absolute Gasteiger partial charge is 0.384 e. The van der Waals surface area contributed by atoms with Crippen molar-refractivity contribution in [3.8, 4) is 6.07 Å². The number of rotatable bonds is 1. The van der Waals surface area contributed by atoms with Crippen LogP contribution in [-0.2, 0) is 13.0 Å². The molecule has 0 bridgehead atoms. The second-order valence-corrected chi connectivity index (χ2v) is 3.43. The Morgan fingerprint density at radius 2 is 2.29 bits per heavy atom. The van der Waals surface area contributed by atoms with Gasteiger partial charge >= 0.3 is 0 Å². The molecule has 0 aromatic heterocycles. The van der Waals surface area contributed by atoms with E-state index >= 15 is 0 Å². The van der Waals surface area contributed by atoms with Crippen LogP contribution in [0, 0.1) is 11.3 Å². The van der Waals surface area contributed by atoms with E-state index in [1.807, 2.05) is 6.07 Å². The quantitative estimate of drug-likeness (QED) is 0.696. The van der Waals surface area contributed by atoms with Crippen molar-refractivity contribution in [1.82, 2.24) is 5.32 Å². The summed E-state index contributed by atoms with van der Waals surface area (Å²) in [6.07, 6.45) is 0.493. The van der Waals surface area contributed by atoms with Crippen LogP contribution in [0.25, 0.3) is 0 Å². The average Bonchev–Trinajstić information content (AvgIpc) is 2.42. The monoisotopic (exact) mass is 187 g/mol. The van der Waals surface area contributed by atoms with Crippen LogP contribution < -0.4 is 10.6 Å². The van der Waals surface area contributed by atoms with Crippen LogP contribution in [0.15, 0.2) is 18.2 Å². The molecule has 1 aromatic rings. The lowest BCUT2D eigenvalue weighted by Gasteiger charge is -2.07. The van der Waals surface area contributed by atoms with Gasteiger partial charge in [0.05, 0.1) is 12.5 Å². The van der Waals surface area contributed by atoms with Crippen molar-refractivity contribution in [2.45, 2.75) is 13.0 Å². The van der Waals surface area contributed by atoms with Crippen molar-refractivity contribution in [3.63, 3.8) is 0 Å². The summed E-state index contributed by atoms with van der Waals surface area (Å²) in [6, 6.07) is 8.35. The summed E-state index contributed by atoms with van der Waals surface area (Å²) in [5.41, 5.74) is 3.55. The van der Waals surface area contributed by atoms with E-state index in [4.69, 9.17) is 5.26 Å². The van der Waals surface area contributed by atoms with Gasteiger partial charge in [-0.3, -0.25) is 0 Å². The third-order valence-electron chi connectivity index (χ3n) is 2.39. The predicted molar refractivity (Wildman–Crippen MR) is 56.0 cm³/mol. The first-order valence-electron chi connectivity index (χ1n) is 4.83. The van der Waals surface area contributed by atoms with Crippen LogP contribution in [0.3, 0.4) is 0 Å². The number of nitrogens with one attached hydrogen (secondary N) is 2. The Labute approximate surface area is 83.7 Å². The molecule has 0 aliphatic carbocycles. The summed E-state index contributed by atoms with van der Waals surface area (Å²) in [5.74, 6) is 0. The van der Waals surface area contributed by atoms with Gasteiger partial charge in [0.25, 0.3) is 0 Å². The summed E-state index contributed by atoms with van der Waals surface area (Å²) in [6.45, 7) is 2.84. The number of anilines is 1. The van der Waals surface area contributed by atoms with Crippen molar-refractivity contribution < 1.29 is 0 Å². The van der Waals surface area contributed by atoms with Crippen molar-refractivity contribution in [1.29, 1.82) is 5.26 Å². The smallest absolute Gasteiger partial charge is 0.0669 e. The van der Waals surface area contributed by atoms with E-state index in [0.29, 0.717) is 6.42 Å². The lowest BCUT2D eigenvalue weighted by Crippen LogP contribution is -2.16. The minimum Gasteiger partial charge on any atom is -0.384 e. The highest BCUT2D eigenvalue weighted by Crippen LogP contribution is 2.18. The summed E-state index contributed by atoms with van der Waals surface area (Å²) in [4.78, 5) is 0. The number of hydrogen-bond acceptors (Lipinski definition) is 3. The van der Waals surface area contributed by atoms with Gasteiger partial charge < -0.3 is 10.6 Å². The van der Waals surface area contributed by atoms with Gasteiger partial charge in [-0.2, -0.15) is 5.26 Å². The van der Waals surface area contributed by atoms with Crippen LogP contribution in [0.5, 0.6) is 0 Å². The van der Waals surface area contributed by atoms with Gasteiger partial charge in [0, 0.05) is 25.3 Å². The number of nitrogens with zero attached hydrogens (tertiary/aromatic N) is 1. The Balaban J connectivity index is 2.28. The molecule has 1 aliphatic rings. The van der Waals surface area contributed by atoms with Crippen molar-refractivity contribution in [2.75, 3.05) is 18.4 Å². The van der Waals surface area contributed by atoms with Crippen molar-refractivity contribution in [2.24, 2.45) is 0 Å². The SMILES string of the molecule is N#CCc1ccc2c(c1)CNCCN2. The minimum absolute atomic E-state index is 0.493. The van der Waals surface area contributed by atoms with E-state index < -0.39 is 0 Å². The van der Waals surface area contributed by atoms with E-state index in [2.05, 4.69) is 28.8 Å². The summed E-state index contributed by atoms with van der Waals surface area (Å²) in [7, 11) is 0. The minimum atomic E-state index is 0.493. The molecule has 0 radical (unpaired) electrons. The molecule has 1 aromatic carbocycles. The van der Waals surface area contributed by atoms with E-state index in [0.717, 1.165) is 25.2 Å². The van der Waals surface area contributed by atoms with Gasteiger partial charge in [0.1, 0.15) is 0 Å². The maximum atomic E-state index is 8.60. The Bertz CT molecular complexity index is 365. The number of benzene rings is 1.